The van der Waals surface area contributed by atoms with Crippen molar-refractivity contribution in [3.05, 3.63) is 46.5 Å². The molecule has 0 saturated heterocycles. The van der Waals surface area contributed by atoms with E-state index in [-0.39, 0.29) is 0 Å². The van der Waals surface area contributed by atoms with Crippen LogP contribution < -0.4 is 9.47 Å². The van der Waals surface area contributed by atoms with E-state index < -0.39 is 0 Å². The quantitative estimate of drug-likeness (QED) is 0.123. The predicted molar refractivity (Wildman–Crippen MR) is 204 cm³/mol. The fourth-order valence-corrected chi connectivity index (χ4v) is 7.92. The third-order valence-electron chi connectivity index (χ3n) is 10.9. The largest absolute Gasteiger partial charge is 0.508 e. The lowest BCUT2D eigenvalue weighted by atomic mass is 9.67. The van der Waals surface area contributed by atoms with Crippen LogP contribution in [-0.2, 0) is 19.3 Å². The smallest absolute Gasteiger partial charge is 0.126 e. The van der Waals surface area contributed by atoms with Crippen molar-refractivity contribution in [2.75, 3.05) is 13.2 Å². The Kier molecular flexibility index (Phi) is 17.5. The maximum Gasteiger partial charge on any atom is 0.126 e. The van der Waals surface area contributed by atoms with E-state index in [0.717, 1.165) is 84.6 Å². The standard InChI is InChI=1S/C44H72O4/c1-9-11-13-18-35-27-40(45)38(23-20-33(7)17-15-16-31(3)4)42(29-35)47-24-25-48-43-30-36(19-14-12-10-2)28-41(46)44(43)39-26-34(8)21-22-37(39)32(5)6/h27-34,37,39,45-46H,9-26H2,1-8H3/t33-,34-,37+,39-/m1/s1. The monoisotopic (exact) mass is 665 g/mol. The first-order chi connectivity index (χ1) is 23.0. The minimum Gasteiger partial charge on any atom is -0.508 e. The Morgan fingerprint density at radius 3 is 1.90 bits per heavy atom. The predicted octanol–water partition coefficient (Wildman–Crippen LogP) is 12.6. The Hall–Kier alpha value is -2.36. The van der Waals surface area contributed by atoms with Gasteiger partial charge < -0.3 is 19.7 Å². The van der Waals surface area contributed by atoms with E-state index in [0.29, 0.717) is 54.3 Å². The summed E-state index contributed by atoms with van der Waals surface area (Å²) < 4.78 is 13.1. The minimum absolute atomic E-state index is 0.292. The fraction of sp³-hybridized carbons (Fsp3) is 0.727. The van der Waals surface area contributed by atoms with Gasteiger partial charge in [-0.1, -0.05) is 107 Å². The highest BCUT2D eigenvalue weighted by molar-refractivity contribution is 5.50. The van der Waals surface area contributed by atoms with E-state index in [1.54, 1.807) is 0 Å². The first kappa shape index (κ1) is 40.1. The molecule has 272 valence electrons. The molecule has 0 unspecified atom stereocenters. The van der Waals surface area contributed by atoms with Gasteiger partial charge in [0.1, 0.15) is 36.2 Å². The van der Waals surface area contributed by atoms with E-state index in [1.165, 1.54) is 57.8 Å². The molecule has 0 radical (unpaired) electrons. The van der Waals surface area contributed by atoms with Gasteiger partial charge in [0.05, 0.1) is 0 Å². The molecule has 1 aliphatic rings. The molecule has 1 saturated carbocycles. The third-order valence-corrected chi connectivity index (χ3v) is 10.9. The Balaban J connectivity index is 1.80. The van der Waals surface area contributed by atoms with Gasteiger partial charge in [-0.3, -0.25) is 0 Å². The molecular formula is C44H72O4. The van der Waals surface area contributed by atoms with Crippen molar-refractivity contribution >= 4 is 0 Å². The first-order valence-corrected chi connectivity index (χ1v) is 20.0. The highest BCUT2D eigenvalue weighted by atomic mass is 16.5. The van der Waals surface area contributed by atoms with Crippen LogP contribution in [0.5, 0.6) is 23.0 Å². The minimum atomic E-state index is 0.292. The van der Waals surface area contributed by atoms with Crippen LogP contribution in [0.1, 0.15) is 167 Å². The summed E-state index contributed by atoms with van der Waals surface area (Å²) in [6, 6.07) is 8.34. The summed E-state index contributed by atoms with van der Waals surface area (Å²) >= 11 is 0. The summed E-state index contributed by atoms with van der Waals surface area (Å²) in [6.45, 7) is 19.2. The Labute approximate surface area is 295 Å². The van der Waals surface area contributed by atoms with Crippen LogP contribution in [0.2, 0.25) is 0 Å². The number of phenols is 2. The van der Waals surface area contributed by atoms with Gasteiger partial charge in [-0.15, -0.1) is 0 Å². The van der Waals surface area contributed by atoms with Crippen molar-refractivity contribution in [3.63, 3.8) is 0 Å². The van der Waals surface area contributed by atoms with Gasteiger partial charge in [-0.25, -0.2) is 0 Å². The van der Waals surface area contributed by atoms with Crippen molar-refractivity contribution in [2.45, 2.75) is 164 Å². The number of hydrogen-bond donors (Lipinski definition) is 2. The summed E-state index contributed by atoms with van der Waals surface area (Å²) in [5.41, 5.74) is 4.23. The van der Waals surface area contributed by atoms with E-state index in [2.05, 4.69) is 67.5 Å². The van der Waals surface area contributed by atoms with Crippen LogP contribution in [0, 0.1) is 29.6 Å². The topological polar surface area (TPSA) is 58.9 Å². The molecule has 4 heteroatoms. The molecular weight excluding hydrogens is 592 g/mol. The molecule has 0 bridgehead atoms. The van der Waals surface area contributed by atoms with Gasteiger partial charge in [-0.05, 0) is 122 Å². The number of aromatic hydroxyl groups is 2. The number of rotatable bonds is 22. The molecule has 2 N–H and O–H groups in total. The van der Waals surface area contributed by atoms with Gasteiger partial charge in [0, 0.05) is 11.1 Å². The molecule has 0 aromatic heterocycles. The second-order valence-electron chi connectivity index (χ2n) is 16.1. The van der Waals surface area contributed by atoms with Crippen molar-refractivity contribution in [3.8, 4) is 23.0 Å². The highest BCUT2D eigenvalue weighted by Gasteiger charge is 2.35. The van der Waals surface area contributed by atoms with Crippen molar-refractivity contribution in [1.82, 2.24) is 0 Å². The average Bonchev–Trinajstić information content (AvgIpc) is 3.02. The average molecular weight is 665 g/mol. The summed E-state index contributed by atoms with van der Waals surface area (Å²) in [7, 11) is 0. The van der Waals surface area contributed by atoms with Crippen molar-refractivity contribution in [2.24, 2.45) is 29.6 Å². The number of hydrogen-bond acceptors (Lipinski definition) is 4. The summed E-state index contributed by atoms with van der Waals surface area (Å²) in [5.74, 6) is 5.77. The van der Waals surface area contributed by atoms with Crippen LogP contribution in [0.25, 0.3) is 0 Å². The lowest BCUT2D eigenvalue weighted by Crippen LogP contribution is -2.27. The zero-order chi connectivity index (χ0) is 35.1. The molecule has 4 nitrogen and oxygen atoms in total. The normalized spacial score (nSPS) is 18.8. The molecule has 0 amide bonds. The summed E-state index contributed by atoms with van der Waals surface area (Å²) in [4.78, 5) is 0. The van der Waals surface area contributed by atoms with E-state index in [4.69, 9.17) is 9.47 Å². The number of aryl methyl sites for hydroxylation is 2. The third kappa shape index (κ3) is 12.8. The molecule has 0 heterocycles. The lowest BCUT2D eigenvalue weighted by molar-refractivity contribution is 0.182. The van der Waals surface area contributed by atoms with Crippen LogP contribution in [0.4, 0.5) is 0 Å². The van der Waals surface area contributed by atoms with Crippen molar-refractivity contribution in [1.29, 1.82) is 0 Å². The van der Waals surface area contributed by atoms with Gasteiger partial charge in [-0.2, -0.15) is 0 Å². The summed E-state index contributed by atoms with van der Waals surface area (Å²) in [5, 5.41) is 22.7. The number of ether oxygens (including phenoxy) is 2. The molecule has 4 atom stereocenters. The van der Waals surface area contributed by atoms with Gasteiger partial charge in [0.25, 0.3) is 0 Å². The molecule has 2 aromatic carbocycles. The Morgan fingerprint density at radius 1 is 0.688 bits per heavy atom. The van der Waals surface area contributed by atoms with Crippen LogP contribution in [0.15, 0.2) is 24.3 Å². The maximum atomic E-state index is 11.5. The highest BCUT2D eigenvalue weighted by Crippen LogP contribution is 2.50. The van der Waals surface area contributed by atoms with Gasteiger partial charge in [0.2, 0.25) is 0 Å². The van der Waals surface area contributed by atoms with Gasteiger partial charge >= 0.3 is 0 Å². The number of phenolic OH excluding ortho intramolecular Hbond substituents is 2. The second kappa shape index (κ2) is 21.0. The van der Waals surface area contributed by atoms with Crippen LogP contribution in [0.3, 0.4) is 0 Å². The Morgan fingerprint density at radius 2 is 1.29 bits per heavy atom. The summed E-state index contributed by atoms with van der Waals surface area (Å²) in [6.07, 6.45) is 18.0. The van der Waals surface area contributed by atoms with Crippen LogP contribution >= 0.6 is 0 Å². The molecule has 48 heavy (non-hydrogen) atoms. The van der Waals surface area contributed by atoms with Crippen LogP contribution in [-0.4, -0.2) is 23.4 Å². The van der Waals surface area contributed by atoms with E-state index >= 15 is 0 Å². The first-order valence-electron chi connectivity index (χ1n) is 20.0. The van der Waals surface area contributed by atoms with Gasteiger partial charge in [0.15, 0.2) is 0 Å². The molecule has 3 rings (SSSR count). The number of benzene rings is 2. The molecule has 0 spiro atoms. The van der Waals surface area contributed by atoms with Crippen molar-refractivity contribution < 1.29 is 19.7 Å². The van der Waals surface area contributed by atoms with E-state index in [9.17, 15) is 10.2 Å². The zero-order valence-electron chi connectivity index (χ0n) is 32.2. The fourth-order valence-electron chi connectivity index (χ4n) is 7.92. The maximum absolute atomic E-state index is 11.5. The van der Waals surface area contributed by atoms with E-state index in [1.807, 2.05) is 12.1 Å². The molecule has 1 fully saturated rings. The SMILES string of the molecule is CCCCCc1cc(O)c(CC[C@H](C)CCCC(C)C)c(OCCOc2cc(CCCCC)cc(O)c2[C@@H]2C[C@H](C)CC[C@H]2C(C)C)c1. The lowest BCUT2D eigenvalue weighted by Gasteiger charge is -2.38. The number of unbranched alkanes of at least 4 members (excludes halogenated alkanes) is 4. The zero-order valence-corrected chi connectivity index (χ0v) is 32.2. The molecule has 2 aromatic rings. The Bertz CT molecular complexity index is 1200. The second-order valence-corrected chi connectivity index (χ2v) is 16.1. The molecule has 1 aliphatic carbocycles. The molecule has 0 aliphatic heterocycles.